The molecule has 0 bridgehead atoms. The van der Waals surface area contributed by atoms with Crippen molar-refractivity contribution < 1.29 is 4.79 Å². The predicted octanol–water partition coefficient (Wildman–Crippen LogP) is 2.64. The highest BCUT2D eigenvalue weighted by Crippen LogP contribution is 2.20. The second-order valence-corrected chi connectivity index (χ2v) is 7.45. The number of benzene rings is 1. The molecule has 1 saturated heterocycles. The molecule has 1 heterocycles. The number of carbonyl (C=O) groups excluding carboxylic acids is 1. The minimum Gasteiger partial charge on any atom is -0.399 e. The van der Waals surface area contributed by atoms with Gasteiger partial charge in [0, 0.05) is 30.7 Å². The lowest BCUT2D eigenvalue weighted by atomic mass is 9.94. The topological polar surface area (TPSA) is 58.4 Å². The van der Waals surface area contributed by atoms with Crippen LogP contribution in [-0.2, 0) is 11.3 Å². The number of nitrogens with zero attached hydrogens (tertiary/aromatic N) is 1. The van der Waals surface area contributed by atoms with Crippen molar-refractivity contribution in [1.29, 1.82) is 0 Å². The Kier molecular flexibility index (Phi) is 5.46. The third-order valence-corrected chi connectivity index (χ3v) is 4.19. The zero-order valence-electron chi connectivity index (χ0n) is 14.1. The number of nitrogen functional groups attached to an aromatic ring is 1. The maximum absolute atomic E-state index is 12.0. The molecule has 1 aliphatic rings. The summed E-state index contributed by atoms with van der Waals surface area (Å²) in [7, 11) is 0. The maximum Gasteiger partial charge on any atom is 0.225 e. The highest BCUT2D eigenvalue weighted by Gasteiger charge is 2.24. The molecule has 1 aromatic carbocycles. The van der Waals surface area contributed by atoms with E-state index in [1.807, 2.05) is 39.0 Å². The van der Waals surface area contributed by atoms with Crippen LogP contribution in [0.15, 0.2) is 24.3 Å². The quantitative estimate of drug-likeness (QED) is 0.841. The number of amides is 1. The van der Waals surface area contributed by atoms with Crippen LogP contribution >= 0.6 is 0 Å². The molecule has 1 aliphatic heterocycles. The van der Waals surface area contributed by atoms with Crippen molar-refractivity contribution in [1.82, 2.24) is 10.2 Å². The van der Waals surface area contributed by atoms with Crippen LogP contribution in [-0.4, -0.2) is 30.4 Å². The van der Waals surface area contributed by atoms with Crippen molar-refractivity contribution in [2.45, 2.75) is 40.2 Å². The average Bonchev–Trinajstić information content (AvgIpc) is 2.44. The first-order valence-corrected chi connectivity index (χ1v) is 8.19. The maximum atomic E-state index is 12.0. The van der Waals surface area contributed by atoms with Gasteiger partial charge in [0.25, 0.3) is 0 Å². The first-order valence-electron chi connectivity index (χ1n) is 8.19. The van der Waals surface area contributed by atoms with Crippen LogP contribution in [0, 0.1) is 11.3 Å². The Balaban J connectivity index is 1.83. The van der Waals surface area contributed by atoms with Gasteiger partial charge in [-0.3, -0.25) is 9.69 Å². The molecule has 4 heteroatoms. The molecule has 2 rings (SSSR count). The zero-order chi connectivity index (χ0) is 16.2. The van der Waals surface area contributed by atoms with Gasteiger partial charge >= 0.3 is 0 Å². The molecule has 0 spiro atoms. The molecule has 0 aliphatic carbocycles. The number of hydrogen-bond acceptors (Lipinski definition) is 3. The van der Waals surface area contributed by atoms with E-state index in [0.29, 0.717) is 5.92 Å². The molecular weight excluding hydrogens is 274 g/mol. The van der Waals surface area contributed by atoms with Crippen molar-refractivity contribution in [2.75, 3.05) is 25.4 Å². The average molecular weight is 303 g/mol. The van der Waals surface area contributed by atoms with Crippen molar-refractivity contribution >= 4 is 11.6 Å². The van der Waals surface area contributed by atoms with Gasteiger partial charge in [0.1, 0.15) is 0 Å². The third kappa shape index (κ3) is 5.02. The number of nitrogens with two attached hydrogens (primary N) is 1. The Morgan fingerprint density at radius 1 is 1.41 bits per heavy atom. The normalized spacial score (nSPS) is 19.9. The summed E-state index contributed by atoms with van der Waals surface area (Å²) in [6, 6.07) is 8.10. The number of likely N-dealkylation sites (tertiary alicyclic amines) is 1. The molecule has 1 fully saturated rings. The highest BCUT2D eigenvalue weighted by molar-refractivity contribution is 5.81. The van der Waals surface area contributed by atoms with E-state index in [0.717, 1.165) is 31.9 Å². The van der Waals surface area contributed by atoms with E-state index >= 15 is 0 Å². The summed E-state index contributed by atoms with van der Waals surface area (Å²) in [5, 5.41) is 3.10. The van der Waals surface area contributed by atoms with Crippen LogP contribution < -0.4 is 11.1 Å². The summed E-state index contributed by atoms with van der Waals surface area (Å²) in [5.41, 5.74) is 7.62. The van der Waals surface area contributed by atoms with E-state index in [1.165, 1.54) is 18.4 Å². The van der Waals surface area contributed by atoms with Crippen LogP contribution in [0.25, 0.3) is 0 Å². The van der Waals surface area contributed by atoms with Crippen molar-refractivity contribution in [2.24, 2.45) is 11.3 Å². The summed E-state index contributed by atoms with van der Waals surface area (Å²) < 4.78 is 0. The first kappa shape index (κ1) is 16.8. The fourth-order valence-corrected chi connectivity index (χ4v) is 2.91. The molecule has 0 aromatic heterocycles. The van der Waals surface area contributed by atoms with E-state index in [9.17, 15) is 4.79 Å². The zero-order valence-corrected chi connectivity index (χ0v) is 14.1. The van der Waals surface area contributed by atoms with E-state index in [2.05, 4.69) is 16.3 Å². The van der Waals surface area contributed by atoms with E-state index in [4.69, 9.17) is 5.73 Å². The van der Waals surface area contributed by atoms with Crippen LogP contribution in [0.2, 0.25) is 0 Å². The number of rotatable bonds is 4. The SMILES string of the molecule is CC(C)(C)C(=O)NCC1CCCN(Cc2cccc(N)c2)C1. The minimum atomic E-state index is -0.310. The number of anilines is 1. The molecule has 1 aromatic rings. The van der Waals surface area contributed by atoms with E-state index < -0.39 is 0 Å². The Morgan fingerprint density at radius 2 is 2.18 bits per heavy atom. The lowest BCUT2D eigenvalue weighted by Gasteiger charge is -2.33. The Hall–Kier alpha value is -1.55. The highest BCUT2D eigenvalue weighted by atomic mass is 16.2. The van der Waals surface area contributed by atoms with Crippen LogP contribution in [0.4, 0.5) is 5.69 Å². The van der Waals surface area contributed by atoms with Crippen molar-refractivity contribution in [3.63, 3.8) is 0 Å². The fourth-order valence-electron chi connectivity index (χ4n) is 2.91. The molecule has 122 valence electrons. The monoisotopic (exact) mass is 303 g/mol. The van der Waals surface area contributed by atoms with Crippen molar-refractivity contribution in [3.05, 3.63) is 29.8 Å². The van der Waals surface area contributed by atoms with E-state index in [-0.39, 0.29) is 11.3 Å². The standard InChI is InChI=1S/C18H29N3O/c1-18(2,3)17(22)20-11-15-7-5-9-21(13-15)12-14-6-4-8-16(19)10-14/h4,6,8,10,15H,5,7,9,11-13,19H2,1-3H3,(H,20,22). The lowest BCUT2D eigenvalue weighted by molar-refractivity contribution is -0.128. The Labute approximate surface area is 134 Å². The Bertz CT molecular complexity index is 507. The molecule has 4 nitrogen and oxygen atoms in total. The van der Waals surface area contributed by atoms with Gasteiger partial charge in [-0.25, -0.2) is 0 Å². The molecule has 22 heavy (non-hydrogen) atoms. The summed E-state index contributed by atoms with van der Waals surface area (Å²) in [5.74, 6) is 0.682. The van der Waals surface area contributed by atoms with Gasteiger partial charge in [0.2, 0.25) is 5.91 Å². The second-order valence-electron chi connectivity index (χ2n) is 7.45. The smallest absolute Gasteiger partial charge is 0.225 e. The largest absolute Gasteiger partial charge is 0.399 e. The summed E-state index contributed by atoms with van der Waals surface area (Å²) in [4.78, 5) is 14.4. The summed E-state index contributed by atoms with van der Waals surface area (Å²) in [6.45, 7) is 9.75. The molecule has 1 unspecified atom stereocenters. The minimum absolute atomic E-state index is 0.139. The molecule has 0 saturated carbocycles. The van der Waals surface area contributed by atoms with Gasteiger partial charge in [0.05, 0.1) is 0 Å². The van der Waals surface area contributed by atoms with Gasteiger partial charge in [-0.1, -0.05) is 32.9 Å². The molecule has 1 atom stereocenters. The summed E-state index contributed by atoms with van der Waals surface area (Å²) in [6.07, 6.45) is 2.39. The molecular formula is C18H29N3O. The van der Waals surface area contributed by atoms with Gasteiger partial charge in [-0.15, -0.1) is 0 Å². The lowest BCUT2D eigenvalue weighted by Crippen LogP contribution is -2.43. The van der Waals surface area contributed by atoms with Gasteiger partial charge in [0.15, 0.2) is 0 Å². The number of nitrogens with one attached hydrogen (secondary N) is 1. The fraction of sp³-hybridized carbons (Fsp3) is 0.611. The van der Waals surface area contributed by atoms with Gasteiger partial charge in [-0.2, -0.15) is 0 Å². The molecule has 0 radical (unpaired) electrons. The number of piperidine rings is 1. The van der Waals surface area contributed by atoms with Gasteiger partial charge < -0.3 is 11.1 Å². The van der Waals surface area contributed by atoms with E-state index in [1.54, 1.807) is 0 Å². The predicted molar refractivity (Wildman–Crippen MR) is 91.3 cm³/mol. The first-order chi connectivity index (χ1) is 10.3. The Morgan fingerprint density at radius 3 is 2.86 bits per heavy atom. The van der Waals surface area contributed by atoms with Crippen LogP contribution in [0.1, 0.15) is 39.2 Å². The molecule has 1 amide bonds. The van der Waals surface area contributed by atoms with Crippen LogP contribution in [0.3, 0.4) is 0 Å². The molecule has 3 N–H and O–H groups in total. The van der Waals surface area contributed by atoms with Gasteiger partial charge in [-0.05, 0) is 43.0 Å². The van der Waals surface area contributed by atoms with Crippen molar-refractivity contribution in [3.8, 4) is 0 Å². The third-order valence-electron chi connectivity index (χ3n) is 4.19. The second kappa shape index (κ2) is 7.14. The number of hydrogen-bond donors (Lipinski definition) is 2. The summed E-state index contributed by atoms with van der Waals surface area (Å²) >= 11 is 0. The number of carbonyl (C=O) groups is 1. The van der Waals surface area contributed by atoms with Crippen LogP contribution in [0.5, 0.6) is 0 Å².